The number of hydrogen-bond acceptors (Lipinski definition) is 2. The molecule has 0 spiro atoms. The fourth-order valence-corrected chi connectivity index (χ4v) is 1.26. The van der Waals surface area contributed by atoms with E-state index in [2.05, 4.69) is 4.99 Å². The zero-order valence-electron chi connectivity index (χ0n) is 8.17. The molecule has 1 N–H and O–H groups in total. The van der Waals surface area contributed by atoms with Gasteiger partial charge in [0, 0.05) is 12.3 Å². The molecule has 0 saturated carbocycles. The van der Waals surface area contributed by atoms with E-state index in [4.69, 9.17) is 0 Å². The third-order valence-corrected chi connectivity index (χ3v) is 1.99. The van der Waals surface area contributed by atoms with Crippen LogP contribution in [0.4, 0.5) is 5.69 Å². The van der Waals surface area contributed by atoms with Crippen LogP contribution in [0.3, 0.4) is 0 Å². The van der Waals surface area contributed by atoms with Crippen molar-refractivity contribution >= 4 is 11.9 Å². The second-order valence-corrected chi connectivity index (χ2v) is 3.19. The Bertz CT molecular complexity index is 463. The van der Waals surface area contributed by atoms with Crippen molar-refractivity contribution in [2.24, 2.45) is 4.99 Å². The molecule has 0 radical (unpaired) electrons. The highest BCUT2D eigenvalue weighted by Crippen LogP contribution is 2.17. The summed E-state index contributed by atoms with van der Waals surface area (Å²) in [6.45, 7) is 0. The van der Waals surface area contributed by atoms with Crippen molar-refractivity contribution in [1.82, 2.24) is 0 Å². The van der Waals surface area contributed by atoms with Gasteiger partial charge in [0.1, 0.15) is 5.75 Å². The first-order valence-corrected chi connectivity index (χ1v) is 4.73. The molecule has 74 valence electrons. The van der Waals surface area contributed by atoms with E-state index < -0.39 is 0 Å². The lowest BCUT2D eigenvalue weighted by molar-refractivity contribution is 0.475. The Balaban J connectivity index is 2.19. The van der Waals surface area contributed by atoms with Gasteiger partial charge in [-0.05, 0) is 17.7 Å². The molecule has 2 rings (SSSR count). The highest BCUT2D eigenvalue weighted by atomic mass is 16.3. The Hall–Kier alpha value is -2.09. The Morgan fingerprint density at radius 2 is 1.73 bits per heavy atom. The summed E-state index contributed by atoms with van der Waals surface area (Å²) < 4.78 is 0. The maximum atomic E-state index is 9.24. The van der Waals surface area contributed by atoms with Crippen LogP contribution in [-0.4, -0.2) is 11.3 Å². The van der Waals surface area contributed by atoms with E-state index in [-0.39, 0.29) is 5.75 Å². The maximum absolute atomic E-state index is 9.24. The smallest absolute Gasteiger partial charge is 0.117 e. The minimum absolute atomic E-state index is 0.234. The molecule has 0 saturated heterocycles. The molecule has 0 heterocycles. The van der Waals surface area contributed by atoms with Crippen LogP contribution in [0.1, 0.15) is 5.56 Å². The van der Waals surface area contributed by atoms with E-state index in [1.165, 1.54) is 0 Å². The van der Waals surface area contributed by atoms with Crippen molar-refractivity contribution in [2.45, 2.75) is 0 Å². The number of nitrogens with zero attached hydrogens (tertiary/aromatic N) is 1. The SMILES string of the molecule is Oc1cccc(/N=C/c2ccccc2)c1. The lowest BCUT2D eigenvalue weighted by Crippen LogP contribution is -1.77. The number of rotatable bonds is 2. The van der Waals surface area contributed by atoms with Crippen LogP contribution in [-0.2, 0) is 0 Å². The molecule has 0 aliphatic heterocycles. The molecule has 0 aliphatic carbocycles. The van der Waals surface area contributed by atoms with Gasteiger partial charge in [0.05, 0.1) is 5.69 Å². The quantitative estimate of drug-likeness (QED) is 0.737. The van der Waals surface area contributed by atoms with E-state index in [0.29, 0.717) is 0 Å². The van der Waals surface area contributed by atoms with Crippen LogP contribution in [0, 0.1) is 0 Å². The minimum atomic E-state index is 0.234. The largest absolute Gasteiger partial charge is 0.508 e. The number of hydrogen-bond donors (Lipinski definition) is 1. The highest BCUT2D eigenvalue weighted by molar-refractivity contribution is 5.81. The van der Waals surface area contributed by atoms with E-state index in [1.54, 1.807) is 24.4 Å². The normalized spacial score (nSPS) is 10.7. The molecule has 2 heteroatoms. The molecule has 2 aromatic carbocycles. The molecule has 0 unspecified atom stereocenters. The van der Waals surface area contributed by atoms with Gasteiger partial charge in [-0.25, -0.2) is 0 Å². The summed E-state index contributed by atoms with van der Waals surface area (Å²) in [6.07, 6.45) is 1.77. The number of phenolic OH excluding ortho intramolecular Hbond substituents is 1. The molecular formula is C13H11NO. The number of benzene rings is 2. The second kappa shape index (κ2) is 4.42. The van der Waals surface area contributed by atoms with Gasteiger partial charge in [-0.1, -0.05) is 36.4 Å². The van der Waals surface area contributed by atoms with Crippen molar-refractivity contribution in [3.63, 3.8) is 0 Å². The third kappa shape index (κ3) is 2.68. The van der Waals surface area contributed by atoms with Gasteiger partial charge in [0.15, 0.2) is 0 Å². The standard InChI is InChI=1S/C13H11NO/c15-13-8-4-7-12(9-13)14-10-11-5-2-1-3-6-11/h1-10,15H/b14-10+. The molecule has 0 atom stereocenters. The van der Waals surface area contributed by atoms with Gasteiger partial charge in [0.2, 0.25) is 0 Å². The lowest BCUT2D eigenvalue weighted by Gasteiger charge is -1.94. The maximum Gasteiger partial charge on any atom is 0.117 e. The third-order valence-electron chi connectivity index (χ3n) is 1.99. The lowest BCUT2D eigenvalue weighted by atomic mass is 10.2. The van der Waals surface area contributed by atoms with Crippen LogP contribution in [0.15, 0.2) is 59.6 Å². The van der Waals surface area contributed by atoms with Gasteiger partial charge in [-0.3, -0.25) is 4.99 Å². The Labute approximate surface area is 88.5 Å². The predicted molar refractivity (Wildman–Crippen MR) is 61.8 cm³/mol. The number of aliphatic imine (C=N–C) groups is 1. The van der Waals surface area contributed by atoms with Gasteiger partial charge in [-0.2, -0.15) is 0 Å². The molecule has 0 aromatic heterocycles. The van der Waals surface area contributed by atoms with Gasteiger partial charge >= 0.3 is 0 Å². The zero-order chi connectivity index (χ0) is 10.5. The molecule has 0 fully saturated rings. The molecular weight excluding hydrogens is 186 g/mol. The van der Waals surface area contributed by atoms with Gasteiger partial charge in [0.25, 0.3) is 0 Å². The topological polar surface area (TPSA) is 32.6 Å². The average Bonchev–Trinajstić information content (AvgIpc) is 2.28. The van der Waals surface area contributed by atoms with E-state index in [0.717, 1.165) is 11.3 Å². The Kier molecular flexibility index (Phi) is 2.79. The summed E-state index contributed by atoms with van der Waals surface area (Å²) >= 11 is 0. The average molecular weight is 197 g/mol. The van der Waals surface area contributed by atoms with E-state index in [9.17, 15) is 5.11 Å². The van der Waals surface area contributed by atoms with Crippen molar-refractivity contribution in [2.75, 3.05) is 0 Å². The molecule has 0 aliphatic rings. The summed E-state index contributed by atoms with van der Waals surface area (Å²) in [5.74, 6) is 0.234. The van der Waals surface area contributed by atoms with Gasteiger partial charge < -0.3 is 5.11 Å². The summed E-state index contributed by atoms with van der Waals surface area (Å²) in [4.78, 5) is 4.25. The molecule has 0 amide bonds. The van der Waals surface area contributed by atoms with E-state index in [1.807, 2.05) is 36.4 Å². The fraction of sp³-hybridized carbons (Fsp3) is 0. The summed E-state index contributed by atoms with van der Waals surface area (Å²) in [6, 6.07) is 16.7. The Morgan fingerprint density at radius 3 is 2.47 bits per heavy atom. The zero-order valence-corrected chi connectivity index (χ0v) is 8.17. The first-order chi connectivity index (χ1) is 7.34. The number of aromatic hydroxyl groups is 1. The van der Waals surface area contributed by atoms with E-state index >= 15 is 0 Å². The molecule has 2 aromatic rings. The fourth-order valence-electron chi connectivity index (χ4n) is 1.26. The monoisotopic (exact) mass is 197 g/mol. The summed E-state index contributed by atoms with van der Waals surface area (Å²) in [5.41, 5.74) is 1.79. The van der Waals surface area contributed by atoms with Crippen LogP contribution in [0.25, 0.3) is 0 Å². The van der Waals surface area contributed by atoms with Crippen molar-refractivity contribution < 1.29 is 5.11 Å². The van der Waals surface area contributed by atoms with Crippen molar-refractivity contribution in [3.8, 4) is 5.75 Å². The summed E-state index contributed by atoms with van der Waals surface area (Å²) in [5, 5.41) is 9.24. The van der Waals surface area contributed by atoms with Crippen molar-refractivity contribution in [1.29, 1.82) is 0 Å². The first-order valence-electron chi connectivity index (χ1n) is 4.73. The van der Waals surface area contributed by atoms with Crippen LogP contribution in [0.2, 0.25) is 0 Å². The number of phenols is 1. The van der Waals surface area contributed by atoms with Crippen molar-refractivity contribution in [3.05, 3.63) is 60.2 Å². The Morgan fingerprint density at radius 1 is 0.933 bits per heavy atom. The van der Waals surface area contributed by atoms with Gasteiger partial charge in [-0.15, -0.1) is 0 Å². The predicted octanol–water partition coefficient (Wildman–Crippen LogP) is 3.14. The minimum Gasteiger partial charge on any atom is -0.508 e. The second-order valence-electron chi connectivity index (χ2n) is 3.19. The van der Waals surface area contributed by atoms with Crippen LogP contribution >= 0.6 is 0 Å². The molecule has 15 heavy (non-hydrogen) atoms. The summed E-state index contributed by atoms with van der Waals surface area (Å²) in [7, 11) is 0. The molecule has 0 bridgehead atoms. The molecule has 2 nitrogen and oxygen atoms in total. The van der Waals surface area contributed by atoms with Crippen LogP contribution < -0.4 is 0 Å². The van der Waals surface area contributed by atoms with Crippen LogP contribution in [0.5, 0.6) is 5.75 Å². The highest BCUT2D eigenvalue weighted by Gasteiger charge is 1.90. The first kappa shape index (κ1) is 9.46.